The van der Waals surface area contributed by atoms with Gasteiger partial charge in [0.1, 0.15) is 18.6 Å². The van der Waals surface area contributed by atoms with Crippen molar-refractivity contribution in [2.75, 3.05) is 6.54 Å². The van der Waals surface area contributed by atoms with Crippen molar-refractivity contribution >= 4 is 0 Å². The second-order valence-electron chi connectivity index (χ2n) is 9.26. The van der Waals surface area contributed by atoms with Crippen molar-refractivity contribution in [3.05, 3.63) is 58.5 Å². The van der Waals surface area contributed by atoms with Crippen LogP contribution < -0.4 is 5.69 Å². The Morgan fingerprint density at radius 3 is 2.62 bits per heavy atom. The number of aliphatic hydroxyl groups excluding tert-OH is 1. The molecular weight excluding hydrogens is 441 g/mol. The number of aromatic nitrogens is 4. The number of aliphatic hydroxyl groups is 1. The first-order valence-corrected chi connectivity index (χ1v) is 11.7. The first-order chi connectivity index (χ1) is 16.5. The zero-order valence-corrected chi connectivity index (χ0v) is 19.2. The van der Waals surface area contributed by atoms with Crippen molar-refractivity contribution in [3.8, 4) is 11.5 Å². The molecule has 10 heteroatoms. The van der Waals surface area contributed by atoms with E-state index in [-0.39, 0.29) is 18.3 Å². The van der Waals surface area contributed by atoms with E-state index in [1.807, 2.05) is 18.2 Å². The molecule has 182 valence electrons. The standard InChI is InChI=1S/C24H30FN5O4/c1-28-23(22-14-33-15-26-22)27-30(24(28)32)12-20(31)11-29-18-6-7-19(29)9-21(8-18)34-13-17-5-3-2-4-16(17)10-25/h2-5,14-15,18-21,31H,6-13H2,1H3. The monoisotopic (exact) mass is 471 g/mol. The number of hydrogen-bond acceptors (Lipinski definition) is 7. The molecule has 0 aliphatic carbocycles. The number of piperidine rings is 1. The number of alkyl halides is 1. The van der Waals surface area contributed by atoms with Gasteiger partial charge in [0.2, 0.25) is 0 Å². The van der Waals surface area contributed by atoms with Gasteiger partial charge in [-0.15, -0.1) is 5.10 Å². The average Bonchev–Trinajstić information content (AvgIpc) is 3.52. The maximum absolute atomic E-state index is 13.2. The van der Waals surface area contributed by atoms with Crippen molar-refractivity contribution < 1.29 is 18.7 Å². The van der Waals surface area contributed by atoms with Crippen LogP contribution in [-0.2, 0) is 31.6 Å². The van der Waals surface area contributed by atoms with E-state index in [9.17, 15) is 14.3 Å². The highest BCUT2D eigenvalue weighted by atomic mass is 19.1. The summed E-state index contributed by atoms with van der Waals surface area (Å²) >= 11 is 0. The van der Waals surface area contributed by atoms with Crippen molar-refractivity contribution in [1.82, 2.24) is 24.2 Å². The van der Waals surface area contributed by atoms with Crippen LogP contribution in [0.2, 0.25) is 0 Å². The molecule has 2 aromatic heterocycles. The van der Waals surface area contributed by atoms with Gasteiger partial charge in [-0.05, 0) is 36.8 Å². The molecule has 0 radical (unpaired) electrons. The molecule has 4 heterocycles. The Bertz CT molecular complexity index is 1150. The minimum Gasteiger partial charge on any atom is -0.451 e. The fraction of sp³-hybridized carbons (Fsp3) is 0.542. The topological polar surface area (TPSA) is 98.6 Å². The normalized spacial score (nSPS) is 23.4. The molecule has 3 unspecified atom stereocenters. The molecule has 34 heavy (non-hydrogen) atoms. The third kappa shape index (κ3) is 4.57. The van der Waals surface area contributed by atoms with Crippen molar-refractivity contribution in [3.63, 3.8) is 0 Å². The highest BCUT2D eigenvalue weighted by Crippen LogP contribution is 2.37. The Hall–Kier alpha value is -2.82. The Kier molecular flexibility index (Phi) is 6.62. The summed E-state index contributed by atoms with van der Waals surface area (Å²) in [6, 6.07) is 8.14. The molecule has 2 saturated heterocycles. The number of benzene rings is 1. The van der Waals surface area contributed by atoms with Crippen LogP contribution in [0.3, 0.4) is 0 Å². The zero-order chi connectivity index (χ0) is 23.7. The summed E-state index contributed by atoms with van der Waals surface area (Å²) in [6.07, 6.45) is 6.04. The third-order valence-corrected chi connectivity index (χ3v) is 7.09. The predicted octanol–water partition coefficient (Wildman–Crippen LogP) is 2.28. The van der Waals surface area contributed by atoms with E-state index < -0.39 is 12.8 Å². The van der Waals surface area contributed by atoms with Gasteiger partial charge in [0.15, 0.2) is 12.2 Å². The number of halogens is 1. The van der Waals surface area contributed by atoms with E-state index in [4.69, 9.17) is 9.15 Å². The second-order valence-corrected chi connectivity index (χ2v) is 9.26. The Labute approximate surface area is 196 Å². The molecule has 3 aromatic rings. The second kappa shape index (κ2) is 9.81. The van der Waals surface area contributed by atoms with Crippen LogP contribution >= 0.6 is 0 Å². The number of hydrogen-bond donors (Lipinski definition) is 1. The van der Waals surface area contributed by atoms with E-state index >= 15 is 0 Å². The molecular formula is C24H30FN5O4. The van der Waals surface area contributed by atoms with Crippen molar-refractivity contribution in [2.24, 2.45) is 7.05 Å². The van der Waals surface area contributed by atoms with E-state index in [1.165, 1.54) is 21.9 Å². The van der Waals surface area contributed by atoms with E-state index in [1.54, 1.807) is 13.1 Å². The van der Waals surface area contributed by atoms with Crippen LogP contribution in [0, 0.1) is 0 Å². The summed E-state index contributed by atoms with van der Waals surface area (Å²) in [7, 11) is 1.62. The molecule has 3 atom stereocenters. The number of fused-ring (bicyclic) bond motifs is 2. The molecule has 2 aliphatic heterocycles. The van der Waals surface area contributed by atoms with Gasteiger partial charge in [-0.3, -0.25) is 9.47 Å². The van der Waals surface area contributed by atoms with Crippen LogP contribution in [0.25, 0.3) is 11.5 Å². The summed E-state index contributed by atoms with van der Waals surface area (Å²) < 4.78 is 27.1. The van der Waals surface area contributed by atoms with Crippen LogP contribution in [-0.4, -0.2) is 60.2 Å². The largest absolute Gasteiger partial charge is 0.451 e. The minimum atomic E-state index is -0.727. The maximum atomic E-state index is 13.2. The molecule has 5 rings (SSSR count). The Balaban J connectivity index is 1.17. The number of rotatable bonds is 9. The molecule has 9 nitrogen and oxygen atoms in total. The number of ether oxygens (including phenoxy) is 1. The number of oxazole rings is 1. The highest BCUT2D eigenvalue weighted by Gasteiger charge is 2.41. The van der Waals surface area contributed by atoms with Gasteiger partial charge >= 0.3 is 5.69 Å². The van der Waals surface area contributed by atoms with E-state index in [2.05, 4.69) is 15.0 Å². The highest BCUT2D eigenvalue weighted by molar-refractivity contribution is 5.45. The minimum absolute atomic E-state index is 0.112. The summed E-state index contributed by atoms with van der Waals surface area (Å²) in [5.41, 5.74) is 1.76. The molecule has 2 fully saturated rings. The molecule has 2 aliphatic rings. The molecule has 0 saturated carbocycles. The summed E-state index contributed by atoms with van der Waals surface area (Å²) in [4.78, 5) is 19.0. The SMILES string of the molecule is Cn1c(-c2cocn2)nn(CC(O)CN2C3CCC2CC(OCc2ccccc2CF)C3)c1=O. The van der Waals surface area contributed by atoms with E-state index in [0.717, 1.165) is 31.2 Å². The van der Waals surface area contributed by atoms with Crippen LogP contribution in [0.4, 0.5) is 4.39 Å². The molecule has 0 spiro atoms. The van der Waals surface area contributed by atoms with Gasteiger partial charge in [0.25, 0.3) is 0 Å². The van der Waals surface area contributed by atoms with Crippen LogP contribution in [0.1, 0.15) is 36.8 Å². The summed E-state index contributed by atoms with van der Waals surface area (Å²) in [5, 5.41) is 15.1. The lowest BCUT2D eigenvalue weighted by atomic mass is 9.99. The van der Waals surface area contributed by atoms with Crippen molar-refractivity contribution in [2.45, 2.75) is 69.8 Å². The predicted molar refractivity (Wildman–Crippen MR) is 122 cm³/mol. The maximum Gasteiger partial charge on any atom is 0.346 e. The fourth-order valence-corrected chi connectivity index (χ4v) is 5.35. The van der Waals surface area contributed by atoms with Gasteiger partial charge in [-0.2, -0.15) is 0 Å². The Morgan fingerprint density at radius 1 is 1.21 bits per heavy atom. The van der Waals surface area contributed by atoms with Crippen LogP contribution in [0.15, 0.2) is 46.1 Å². The lowest BCUT2D eigenvalue weighted by molar-refractivity contribution is -0.0405. The first-order valence-electron chi connectivity index (χ1n) is 11.7. The lowest BCUT2D eigenvalue weighted by Gasteiger charge is -2.39. The summed E-state index contributed by atoms with van der Waals surface area (Å²) in [5.74, 6) is 0.401. The number of nitrogens with zero attached hydrogens (tertiary/aromatic N) is 5. The third-order valence-electron chi connectivity index (χ3n) is 7.09. The molecule has 2 bridgehead atoms. The molecule has 0 amide bonds. The van der Waals surface area contributed by atoms with Gasteiger partial charge in [0, 0.05) is 25.7 Å². The van der Waals surface area contributed by atoms with Crippen LogP contribution in [0.5, 0.6) is 0 Å². The van der Waals surface area contributed by atoms with Gasteiger partial charge in [0.05, 0.1) is 25.4 Å². The quantitative estimate of drug-likeness (QED) is 0.511. The van der Waals surface area contributed by atoms with Gasteiger partial charge < -0.3 is 14.3 Å². The molecule has 1 N–H and O–H groups in total. The lowest BCUT2D eigenvalue weighted by Crippen LogP contribution is -2.49. The van der Waals surface area contributed by atoms with Gasteiger partial charge in [-0.1, -0.05) is 24.3 Å². The fourth-order valence-electron chi connectivity index (χ4n) is 5.35. The molecule has 1 aromatic carbocycles. The smallest absolute Gasteiger partial charge is 0.346 e. The van der Waals surface area contributed by atoms with Gasteiger partial charge in [-0.25, -0.2) is 18.9 Å². The van der Waals surface area contributed by atoms with E-state index in [0.29, 0.717) is 42.3 Å². The Morgan fingerprint density at radius 2 is 1.94 bits per heavy atom. The average molecular weight is 472 g/mol. The zero-order valence-electron chi connectivity index (χ0n) is 19.2. The first kappa shape index (κ1) is 22.9. The summed E-state index contributed by atoms with van der Waals surface area (Å²) in [6.45, 7) is 0.527. The van der Waals surface area contributed by atoms with Crippen molar-refractivity contribution in [1.29, 1.82) is 0 Å².